The van der Waals surface area contributed by atoms with Crippen LogP contribution in [0.1, 0.15) is 25.5 Å². The topological polar surface area (TPSA) is 37.4 Å². The number of nitrogens with zero attached hydrogens (tertiary/aromatic N) is 2. The van der Waals surface area contributed by atoms with Crippen LogP contribution in [-0.4, -0.2) is 42.7 Å². The Balaban J connectivity index is 2.02. The zero-order chi connectivity index (χ0) is 13.7. The maximum atomic E-state index is 6.24. The molecule has 0 bridgehead atoms. The van der Waals surface area contributed by atoms with Gasteiger partial charge in [0.25, 0.3) is 0 Å². The summed E-state index contributed by atoms with van der Waals surface area (Å²) in [6, 6.07) is 4.40. The van der Waals surface area contributed by atoms with Crippen molar-refractivity contribution in [3.05, 3.63) is 22.8 Å². The minimum atomic E-state index is 0.564. The number of hydrogen-bond acceptors (Lipinski definition) is 4. The molecule has 2 heterocycles. The third-order valence-electron chi connectivity index (χ3n) is 3.49. The summed E-state index contributed by atoms with van der Waals surface area (Å²) >= 11 is 6.24. The van der Waals surface area contributed by atoms with Crippen molar-refractivity contribution in [3.63, 3.8) is 0 Å². The van der Waals surface area contributed by atoms with Crippen LogP contribution in [0.3, 0.4) is 0 Å². The highest BCUT2D eigenvalue weighted by Crippen LogP contribution is 2.21. The summed E-state index contributed by atoms with van der Waals surface area (Å²) in [6.07, 6.45) is 2.17. The van der Waals surface area contributed by atoms with Gasteiger partial charge in [-0.2, -0.15) is 0 Å². The minimum Gasteiger partial charge on any atom is -0.381 e. The van der Waals surface area contributed by atoms with E-state index < -0.39 is 0 Å². The largest absolute Gasteiger partial charge is 0.381 e. The smallest absolute Gasteiger partial charge is 0.126 e. The summed E-state index contributed by atoms with van der Waals surface area (Å²) in [7, 11) is 2.13. The molecule has 1 fully saturated rings. The lowest BCUT2D eigenvalue weighted by Gasteiger charge is -2.31. The first kappa shape index (κ1) is 14.6. The second kappa shape index (κ2) is 7.08. The lowest BCUT2D eigenvalue weighted by atomic mass is 10.1. The van der Waals surface area contributed by atoms with E-state index in [1.807, 2.05) is 12.1 Å². The van der Waals surface area contributed by atoms with Gasteiger partial charge in [0.2, 0.25) is 0 Å². The Hall–Kier alpha value is -0.840. The second-order valence-electron chi connectivity index (χ2n) is 4.91. The van der Waals surface area contributed by atoms with Crippen molar-refractivity contribution in [1.29, 1.82) is 0 Å². The van der Waals surface area contributed by atoms with E-state index in [1.165, 1.54) is 0 Å². The van der Waals surface area contributed by atoms with Crippen molar-refractivity contribution in [2.45, 2.75) is 32.4 Å². The molecule has 0 saturated carbocycles. The van der Waals surface area contributed by atoms with Crippen LogP contribution in [0.15, 0.2) is 12.1 Å². The molecule has 0 aromatic carbocycles. The molecule has 1 aliphatic rings. The molecule has 106 valence electrons. The van der Waals surface area contributed by atoms with Crippen molar-refractivity contribution in [1.82, 2.24) is 9.88 Å². The van der Waals surface area contributed by atoms with E-state index in [2.05, 4.69) is 29.2 Å². The summed E-state index contributed by atoms with van der Waals surface area (Å²) < 4.78 is 5.40. The van der Waals surface area contributed by atoms with Crippen LogP contribution in [-0.2, 0) is 11.3 Å². The van der Waals surface area contributed by atoms with Crippen molar-refractivity contribution in [3.8, 4) is 0 Å². The first-order valence-electron chi connectivity index (χ1n) is 6.88. The number of pyridine rings is 1. The highest BCUT2D eigenvalue weighted by Gasteiger charge is 2.19. The average molecular weight is 284 g/mol. The van der Waals surface area contributed by atoms with Crippen LogP contribution in [0.25, 0.3) is 0 Å². The monoisotopic (exact) mass is 283 g/mol. The van der Waals surface area contributed by atoms with Crippen molar-refractivity contribution in [2.24, 2.45) is 0 Å². The van der Waals surface area contributed by atoms with Crippen LogP contribution >= 0.6 is 11.6 Å². The van der Waals surface area contributed by atoms with Gasteiger partial charge in [0.15, 0.2) is 0 Å². The number of halogens is 1. The zero-order valence-corrected chi connectivity index (χ0v) is 12.4. The van der Waals surface area contributed by atoms with Gasteiger partial charge in [-0.25, -0.2) is 4.98 Å². The molecule has 1 aromatic rings. The summed E-state index contributed by atoms with van der Waals surface area (Å²) in [5.41, 5.74) is 0.939. The number of anilines is 1. The molecule has 1 aromatic heterocycles. The average Bonchev–Trinajstić information content (AvgIpc) is 2.44. The predicted molar refractivity (Wildman–Crippen MR) is 78.7 cm³/mol. The van der Waals surface area contributed by atoms with Crippen LogP contribution < -0.4 is 5.32 Å². The van der Waals surface area contributed by atoms with Gasteiger partial charge in [0.1, 0.15) is 5.82 Å². The van der Waals surface area contributed by atoms with E-state index in [-0.39, 0.29) is 0 Å². The van der Waals surface area contributed by atoms with E-state index >= 15 is 0 Å². The predicted octanol–water partition coefficient (Wildman–Crippen LogP) is 2.78. The van der Waals surface area contributed by atoms with E-state index in [4.69, 9.17) is 16.3 Å². The molecule has 0 unspecified atom stereocenters. The van der Waals surface area contributed by atoms with Crippen molar-refractivity contribution < 1.29 is 4.74 Å². The van der Waals surface area contributed by atoms with Gasteiger partial charge in [-0.15, -0.1) is 0 Å². The molecule has 4 nitrogen and oxygen atoms in total. The van der Waals surface area contributed by atoms with Crippen LogP contribution in [0.5, 0.6) is 0 Å². The maximum absolute atomic E-state index is 6.24. The second-order valence-corrected chi connectivity index (χ2v) is 5.32. The number of rotatable bonds is 5. The molecule has 19 heavy (non-hydrogen) atoms. The molecule has 1 saturated heterocycles. The third kappa shape index (κ3) is 4.06. The Labute approximate surface area is 120 Å². The quantitative estimate of drug-likeness (QED) is 0.902. The van der Waals surface area contributed by atoms with Crippen molar-refractivity contribution in [2.75, 3.05) is 32.1 Å². The highest BCUT2D eigenvalue weighted by atomic mass is 35.5. The highest BCUT2D eigenvalue weighted by molar-refractivity contribution is 6.31. The molecule has 0 atom stereocenters. The first-order valence-corrected chi connectivity index (χ1v) is 7.25. The lowest BCUT2D eigenvalue weighted by Crippen LogP contribution is -2.36. The van der Waals surface area contributed by atoms with Gasteiger partial charge in [0.05, 0.1) is 10.7 Å². The van der Waals surface area contributed by atoms with Gasteiger partial charge < -0.3 is 10.1 Å². The van der Waals surface area contributed by atoms with E-state index in [0.29, 0.717) is 6.04 Å². The SMILES string of the molecule is CCNc1ccc(Cl)c(CN(C)C2CCOCC2)n1. The van der Waals surface area contributed by atoms with E-state index in [0.717, 1.165) is 55.7 Å². The fourth-order valence-electron chi connectivity index (χ4n) is 2.37. The fourth-order valence-corrected chi connectivity index (χ4v) is 2.53. The Kier molecular flexibility index (Phi) is 5.43. The summed E-state index contributed by atoms with van der Waals surface area (Å²) in [4.78, 5) is 6.91. The van der Waals surface area contributed by atoms with Crippen molar-refractivity contribution >= 4 is 17.4 Å². The van der Waals surface area contributed by atoms with Crippen LogP contribution in [0.2, 0.25) is 5.02 Å². The molecule has 0 radical (unpaired) electrons. The molecule has 1 N–H and O–H groups in total. The Morgan fingerprint density at radius 3 is 2.84 bits per heavy atom. The molecule has 5 heteroatoms. The molecule has 2 rings (SSSR count). The van der Waals surface area contributed by atoms with Gasteiger partial charge in [0, 0.05) is 32.3 Å². The fraction of sp³-hybridized carbons (Fsp3) is 0.643. The van der Waals surface area contributed by atoms with Crippen LogP contribution in [0, 0.1) is 0 Å². The number of aromatic nitrogens is 1. The summed E-state index contributed by atoms with van der Waals surface area (Å²) in [5.74, 6) is 0.891. The van der Waals surface area contributed by atoms with E-state index in [1.54, 1.807) is 0 Å². The Morgan fingerprint density at radius 1 is 1.42 bits per heavy atom. The maximum Gasteiger partial charge on any atom is 0.126 e. The summed E-state index contributed by atoms with van der Waals surface area (Å²) in [6.45, 7) is 5.41. The molecular weight excluding hydrogens is 262 g/mol. The van der Waals surface area contributed by atoms with Gasteiger partial charge in [-0.1, -0.05) is 11.6 Å². The van der Waals surface area contributed by atoms with Gasteiger partial charge in [-0.3, -0.25) is 4.90 Å². The standard InChI is InChI=1S/C14H22ClN3O/c1-3-16-14-5-4-12(15)13(17-14)10-18(2)11-6-8-19-9-7-11/h4-5,11H,3,6-10H2,1-2H3,(H,16,17). The lowest BCUT2D eigenvalue weighted by molar-refractivity contribution is 0.0403. The minimum absolute atomic E-state index is 0.564. The number of ether oxygens (including phenoxy) is 1. The normalized spacial score (nSPS) is 16.8. The van der Waals surface area contributed by atoms with Crippen LogP contribution in [0.4, 0.5) is 5.82 Å². The van der Waals surface area contributed by atoms with Gasteiger partial charge in [-0.05, 0) is 38.9 Å². The summed E-state index contributed by atoms with van der Waals surface area (Å²) in [5, 5.41) is 3.96. The molecule has 0 aliphatic carbocycles. The Bertz CT molecular complexity index is 408. The number of nitrogens with one attached hydrogen (secondary N) is 1. The third-order valence-corrected chi connectivity index (χ3v) is 3.83. The first-order chi connectivity index (χ1) is 9.20. The molecule has 0 amide bonds. The Morgan fingerprint density at radius 2 is 2.16 bits per heavy atom. The molecule has 0 spiro atoms. The van der Waals surface area contributed by atoms with E-state index in [9.17, 15) is 0 Å². The molecular formula is C14H22ClN3O. The molecule has 1 aliphatic heterocycles. The zero-order valence-electron chi connectivity index (χ0n) is 11.7. The van der Waals surface area contributed by atoms with Gasteiger partial charge >= 0.3 is 0 Å². The number of hydrogen-bond donors (Lipinski definition) is 1.